The number of aliphatic carboxylic acids is 1. The third kappa shape index (κ3) is 6.63. The molecule has 1 aliphatic heterocycles. The topological polar surface area (TPSA) is 95.9 Å². The van der Waals surface area contributed by atoms with Gasteiger partial charge in [-0.1, -0.05) is 6.08 Å². The van der Waals surface area contributed by atoms with Gasteiger partial charge in [0.05, 0.1) is 24.7 Å². The smallest absolute Gasteiger partial charge is 0.326 e. The van der Waals surface area contributed by atoms with Gasteiger partial charge in [0.15, 0.2) is 0 Å². The van der Waals surface area contributed by atoms with Crippen molar-refractivity contribution in [3.05, 3.63) is 12.7 Å². The number of rotatable bonds is 8. The van der Waals surface area contributed by atoms with Gasteiger partial charge in [-0.3, -0.25) is 9.59 Å². The van der Waals surface area contributed by atoms with Crippen LogP contribution in [0, 0.1) is 0 Å². The molecule has 0 aromatic heterocycles. The number of carboxylic acid groups (broad SMARTS) is 1. The number of hydrogen-bond donors (Lipinski definition) is 2. The van der Waals surface area contributed by atoms with Crippen LogP contribution < -0.4 is 5.32 Å². The Hall–Kier alpha value is -1.54. The van der Waals surface area contributed by atoms with Crippen LogP contribution in [0.15, 0.2) is 12.7 Å². The monoisotopic (exact) mass is 316 g/mol. The molecule has 0 spiro atoms. The lowest BCUT2D eigenvalue weighted by atomic mass is 10.2. The van der Waals surface area contributed by atoms with E-state index in [0.717, 1.165) is 0 Å². The summed E-state index contributed by atoms with van der Waals surface area (Å²) in [4.78, 5) is 36.0. The molecular weight excluding hydrogens is 296 g/mol. The van der Waals surface area contributed by atoms with Crippen molar-refractivity contribution in [1.82, 2.24) is 10.2 Å². The molecular formula is C13H20N2O5S. The van der Waals surface area contributed by atoms with Gasteiger partial charge in [-0.2, -0.15) is 0 Å². The molecule has 2 N–H and O–H groups in total. The van der Waals surface area contributed by atoms with Crippen LogP contribution in [0.4, 0.5) is 0 Å². The number of amides is 2. The van der Waals surface area contributed by atoms with Crippen LogP contribution in [-0.2, 0) is 19.1 Å². The molecule has 1 saturated heterocycles. The van der Waals surface area contributed by atoms with Crippen molar-refractivity contribution >= 4 is 29.5 Å². The molecule has 1 rings (SSSR count). The highest BCUT2D eigenvalue weighted by Crippen LogP contribution is 2.05. The zero-order chi connectivity index (χ0) is 15.7. The summed E-state index contributed by atoms with van der Waals surface area (Å²) in [6.45, 7) is 5.68. The minimum atomic E-state index is -1.10. The Labute approximate surface area is 127 Å². The molecule has 0 saturated carbocycles. The van der Waals surface area contributed by atoms with E-state index < -0.39 is 17.9 Å². The first-order chi connectivity index (χ1) is 10.0. The van der Waals surface area contributed by atoms with E-state index in [-0.39, 0.29) is 23.8 Å². The van der Waals surface area contributed by atoms with E-state index in [4.69, 9.17) is 9.84 Å². The average molecular weight is 316 g/mol. The SMILES string of the molecule is C=CCC(NC(=O)CSCC(=O)N1CCOCC1)C(=O)O. The Kier molecular flexibility index (Phi) is 7.84. The van der Waals surface area contributed by atoms with Gasteiger partial charge in [0.1, 0.15) is 6.04 Å². The predicted molar refractivity (Wildman–Crippen MR) is 79.1 cm³/mol. The fourth-order valence-corrected chi connectivity index (χ4v) is 2.49. The van der Waals surface area contributed by atoms with Crippen LogP contribution in [0.25, 0.3) is 0 Å². The van der Waals surface area contributed by atoms with Crippen molar-refractivity contribution in [3.63, 3.8) is 0 Å². The summed E-state index contributed by atoms with van der Waals surface area (Å²) in [6.07, 6.45) is 1.60. The van der Waals surface area contributed by atoms with E-state index in [0.29, 0.717) is 26.3 Å². The number of hydrogen-bond acceptors (Lipinski definition) is 5. The van der Waals surface area contributed by atoms with E-state index >= 15 is 0 Å². The molecule has 1 unspecified atom stereocenters. The van der Waals surface area contributed by atoms with Crippen molar-refractivity contribution in [2.75, 3.05) is 37.8 Å². The van der Waals surface area contributed by atoms with Crippen LogP contribution in [-0.4, -0.2) is 71.6 Å². The molecule has 7 nitrogen and oxygen atoms in total. The van der Waals surface area contributed by atoms with E-state index in [2.05, 4.69) is 11.9 Å². The number of carboxylic acids is 1. The zero-order valence-electron chi connectivity index (χ0n) is 11.7. The average Bonchev–Trinajstić information content (AvgIpc) is 2.47. The summed E-state index contributed by atoms with van der Waals surface area (Å²) < 4.78 is 5.15. The highest BCUT2D eigenvalue weighted by atomic mass is 32.2. The second-order valence-corrected chi connectivity index (χ2v) is 5.45. The van der Waals surface area contributed by atoms with Gasteiger partial charge in [0, 0.05) is 13.1 Å². The molecule has 0 aliphatic carbocycles. The predicted octanol–water partition coefficient (Wildman–Crippen LogP) is -0.276. The number of carbonyl (C=O) groups excluding carboxylic acids is 2. The van der Waals surface area contributed by atoms with Gasteiger partial charge < -0.3 is 20.1 Å². The lowest BCUT2D eigenvalue weighted by Gasteiger charge is -2.26. The van der Waals surface area contributed by atoms with Crippen molar-refractivity contribution < 1.29 is 24.2 Å². The highest BCUT2D eigenvalue weighted by Gasteiger charge is 2.19. The molecule has 1 aliphatic rings. The minimum absolute atomic E-state index is 0.0306. The highest BCUT2D eigenvalue weighted by molar-refractivity contribution is 8.00. The molecule has 1 heterocycles. The quantitative estimate of drug-likeness (QED) is 0.598. The minimum Gasteiger partial charge on any atom is -0.480 e. The van der Waals surface area contributed by atoms with Gasteiger partial charge >= 0.3 is 5.97 Å². The maximum Gasteiger partial charge on any atom is 0.326 e. The molecule has 1 fully saturated rings. The molecule has 2 amide bonds. The lowest BCUT2D eigenvalue weighted by Crippen LogP contribution is -2.42. The maximum atomic E-state index is 11.8. The first-order valence-electron chi connectivity index (χ1n) is 6.61. The van der Waals surface area contributed by atoms with Crippen molar-refractivity contribution in [3.8, 4) is 0 Å². The number of ether oxygens (including phenoxy) is 1. The molecule has 8 heteroatoms. The number of nitrogens with zero attached hydrogens (tertiary/aromatic N) is 1. The summed E-state index contributed by atoms with van der Waals surface area (Å²) in [7, 11) is 0. The molecule has 0 radical (unpaired) electrons. The Morgan fingerprint density at radius 3 is 2.57 bits per heavy atom. The Bertz CT molecular complexity index is 396. The van der Waals surface area contributed by atoms with Gasteiger partial charge in [-0.25, -0.2) is 4.79 Å². The van der Waals surface area contributed by atoms with Crippen LogP contribution in [0.5, 0.6) is 0 Å². The third-order valence-electron chi connectivity index (χ3n) is 2.86. The van der Waals surface area contributed by atoms with E-state index in [1.165, 1.54) is 17.8 Å². The molecule has 0 aromatic rings. The first kappa shape index (κ1) is 17.5. The summed E-state index contributed by atoms with van der Waals surface area (Å²) in [6, 6.07) is -0.967. The normalized spacial score (nSPS) is 16.1. The van der Waals surface area contributed by atoms with Crippen molar-refractivity contribution in [2.24, 2.45) is 0 Å². The number of thioether (sulfide) groups is 1. The second kappa shape index (κ2) is 9.41. The number of carbonyl (C=O) groups is 3. The van der Waals surface area contributed by atoms with Crippen LogP contribution in [0.3, 0.4) is 0 Å². The van der Waals surface area contributed by atoms with Gasteiger partial charge in [-0.15, -0.1) is 18.3 Å². The van der Waals surface area contributed by atoms with Gasteiger partial charge in [-0.05, 0) is 6.42 Å². The number of morpholine rings is 1. The molecule has 0 bridgehead atoms. The zero-order valence-corrected chi connectivity index (χ0v) is 12.6. The number of nitrogens with one attached hydrogen (secondary N) is 1. The van der Waals surface area contributed by atoms with Crippen molar-refractivity contribution in [1.29, 1.82) is 0 Å². The van der Waals surface area contributed by atoms with Crippen LogP contribution in [0.1, 0.15) is 6.42 Å². The summed E-state index contributed by atoms with van der Waals surface area (Å²) in [5.41, 5.74) is 0. The van der Waals surface area contributed by atoms with Crippen molar-refractivity contribution in [2.45, 2.75) is 12.5 Å². The molecule has 21 heavy (non-hydrogen) atoms. The third-order valence-corrected chi connectivity index (χ3v) is 3.78. The molecule has 1 atom stereocenters. The largest absolute Gasteiger partial charge is 0.480 e. The Morgan fingerprint density at radius 2 is 2.00 bits per heavy atom. The van der Waals surface area contributed by atoms with E-state index in [1.807, 2.05) is 0 Å². The maximum absolute atomic E-state index is 11.8. The van der Waals surface area contributed by atoms with E-state index in [9.17, 15) is 14.4 Å². The first-order valence-corrected chi connectivity index (χ1v) is 7.76. The van der Waals surface area contributed by atoms with E-state index in [1.54, 1.807) is 4.90 Å². The lowest BCUT2D eigenvalue weighted by molar-refractivity contribution is -0.141. The second-order valence-electron chi connectivity index (χ2n) is 4.47. The summed E-state index contributed by atoms with van der Waals surface area (Å²) in [5, 5.41) is 11.3. The summed E-state index contributed by atoms with van der Waals surface area (Å²) in [5.74, 6) is -1.28. The van der Waals surface area contributed by atoms with Gasteiger partial charge in [0.2, 0.25) is 11.8 Å². The Balaban J connectivity index is 2.24. The summed E-state index contributed by atoms with van der Waals surface area (Å²) >= 11 is 1.17. The molecule has 0 aromatic carbocycles. The van der Waals surface area contributed by atoms with Crippen LogP contribution >= 0.6 is 11.8 Å². The fourth-order valence-electron chi connectivity index (χ4n) is 1.76. The fraction of sp³-hybridized carbons (Fsp3) is 0.615. The molecule has 118 valence electrons. The van der Waals surface area contributed by atoms with Crippen LogP contribution in [0.2, 0.25) is 0 Å². The standard InChI is InChI=1S/C13H20N2O5S/c1-2-3-10(13(18)19)14-11(16)8-21-9-12(17)15-4-6-20-7-5-15/h2,10H,1,3-9H2,(H,14,16)(H,18,19). The van der Waals surface area contributed by atoms with Gasteiger partial charge in [0.25, 0.3) is 0 Å². The Morgan fingerprint density at radius 1 is 1.33 bits per heavy atom.